The highest BCUT2D eigenvalue weighted by molar-refractivity contribution is 5.94. The van der Waals surface area contributed by atoms with Crippen molar-refractivity contribution in [3.05, 3.63) is 59.7 Å². The number of hydrogen-bond donors (Lipinski definition) is 1. The predicted octanol–water partition coefficient (Wildman–Crippen LogP) is 4.02. The second-order valence-electron chi connectivity index (χ2n) is 9.70. The lowest BCUT2D eigenvalue weighted by Crippen LogP contribution is -2.53. The Bertz CT molecular complexity index is 1220. The van der Waals surface area contributed by atoms with Gasteiger partial charge in [-0.3, -0.25) is 9.59 Å². The lowest BCUT2D eigenvalue weighted by atomic mass is 9.99. The van der Waals surface area contributed by atoms with Gasteiger partial charge >= 0.3 is 12.1 Å². The number of alkyl halides is 3. The Morgan fingerprint density at radius 1 is 0.949 bits per heavy atom. The zero-order valence-electron chi connectivity index (χ0n) is 21.2. The van der Waals surface area contributed by atoms with Gasteiger partial charge < -0.3 is 15.1 Å². The molecule has 2 aliphatic rings. The average molecular weight is 543 g/mol. The molecule has 8 nitrogen and oxygen atoms in total. The van der Waals surface area contributed by atoms with Gasteiger partial charge in [0.05, 0.1) is 6.07 Å². The normalized spacial score (nSPS) is 18.7. The Kier molecular flexibility index (Phi) is 8.86. The van der Waals surface area contributed by atoms with Crippen LogP contribution in [0.2, 0.25) is 0 Å². The van der Waals surface area contributed by atoms with Gasteiger partial charge in [0, 0.05) is 31.6 Å². The molecule has 39 heavy (non-hydrogen) atoms. The standard InChI is InChI=1S/C28H29F3N4O4/c29-28(30,31)27(38)39-35-16-2-1-5-24(35)25(36)33-23(18-32)17-19-6-8-20(9-7-19)21-10-12-22(13-11-21)26(37)34-14-3-4-15-34/h6-13,23-24H,1-5,14-17H2,(H,33,36)/t23-,24-/m0/s1. The largest absolute Gasteiger partial charge is 0.492 e. The highest BCUT2D eigenvalue weighted by atomic mass is 19.4. The summed E-state index contributed by atoms with van der Waals surface area (Å²) in [5, 5.41) is 12.9. The van der Waals surface area contributed by atoms with E-state index >= 15 is 0 Å². The molecule has 0 unspecified atom stereocenters. The molecule has 2 saturated heterocycles. The van der Waals surface area contributed by atoms with Crippen LogP contribution in [0.4, 0.5) is 13.2 Å². The van der Waals surface area contributed by atoms with E-state index in [0.29, 0.717) is 18.4 Å². The molecule has 0 aromatic heterocycles. The van der Waals surface area contributed by atoms with E-state index in [-0.39, 0.29) is 25.3 Å². The van der Waals surface area contributed by atoms with Crippen LogP contribution in [0.1, 0.15) is 48.0 Å². The van der Waals surface area contributed by atoms with Gasteiger partial charge in [0.25, 0.3) is 5.91 Å². The molecule has 0 spiro atoms. The molecule has 4 rings (SSSR count). The summed E-state index contributed by atoms with van der Waals surface area (Å²) in [6.45, 7) is 1.57. The summed E-state index contributed by atoms with van der Waals surface area (Å²) < 4.78 is 37.9. The maximum Gasteiger partial charge on any atom is 0.492 e. The number of piperidine rings is 1. The number of rotatable bonds is 7. The van der Waals surface area contributed by atoms with Crippen LogP contribution in [0.25, 0.3) is 11.1 Å². The minimum atomic E-state index is -5.17. The van der Waals surface area contributed by atoms with Gasteiger partial charge in [-0.2, -0.15) is 18.4 Å². The molecule has 2 atom stereocenters. The maximum absolute atomic E-state index is 12.8. The first-order valence-electron chi connectivity index (χ1n) is 12.9. The molecule has 1 N–H and O–H groups in total. The third kappa shape index (κ3) is 7.15. The van der Waals surface area contributed by atoms with Crippen LogP contribution in [-0.2, 0) is 20.8 Å². The summed E-state index contributed by atoms with van der Waals surface area (Å²) in [6, 6.07) is 14.8. The summed E-state index contributed by atoms with van der Waals surface area (Å²) in [5.74, 6) is -3.02. The van der Waals surface area contributed by atoms with Crippen molar-refractivity contribution < 1.29 is 32.4 Å². The van der Waals surface area contributed by atoms with Gasteiger partial charge in [0.1, 0.15) is 12.1 Å². The Morgan fingerprint density at radius 2 is 1.54 bits per heavy atom. The molecule has 0 radical (unpaired) electrons. The maximum atomic E-state index is 12.8. The average Bonchev–Trinajstić information content (AvgIpc) is 3.48. The molecular weight excluding hydrogens is 513 g/mol. The number of nitrogens with one attached hydrogen (secondary N) is 1. The number of halogens is 3. The Labute approximate surface area is 224 Å². The third-order valence-corrected chi connectivity index (χ3v) is 6.91. The molecule has 2 amide bonds. The number of carbonyl (C=O) groups is 3. The number of amides is 2. The Hall–Kier alpha value is -3.91. The van der Waals surface area contributed by atoms with Crippen molar-refractivity contribution in [2.75, 3.05) is 19.6 Å². The van der Waals surface area contributed by atoms with Gasteiger partial charge in [-0.25, -0.2) is 4.79 Å². The molecule has 0 bridgehead atoms. The minimum absolute atomic E-state index is 0.00795. The van der Waals surface area contributed by atoms with Crippen molar-refractivity contribution in [3.63, 3.8) is 0 Å². The van der Waals surface area contributed by atoms with Gasteiger partial charge in [-0.1, -0.05) is 36.4 Å². The second kappa shape index (κ2) is 12.3. The third-order valence-electron chi connectivity index (χ3n) is 6.91. The van der Waals surface area contributed by atoms with Crippen LogP contribution in [0.3, 0.4) is 0 Å². The number of likely N-dealkylation sites (tertiary alicyclic amines) is 1. The molecule has 0 saturated carbocycles. The lowest BCUT2D eigenvalue weighted by Gasteiger charge is -2.33. The molecule has 206 valence electrons. The van der Waals surface area contributed by atoms with E-state index in [1.54, 1.807) is 0 Å². The molecule has 2 aromatic rings. The number of hydroxylamine groups is 2. The van der Waals surface area contributed by atoms with Crippen molar-refractivity contribution in [1.29, 1.82) is 5.26 Å². The van der Waals surface area contributed by atoms with E-state index in [0.717, 1.165) is 47.7 Å². The number of hydrogen-bond acceptors (Lipinski definition) is 6. The van der Waals surface area contributed by atoms with Crippen LogP contribution in [0, 0.1) is 11.3 Å². The van der Waals surface area contributed by atoms with Crippen LogP contribution in [0.5, 0.6) is 0 Å². The summed E-state index contributed by atoms with van der Waals surface area (Å²) in [5.41, 5.74) is 3.27. The quantitative estimate of drug-likeness (QED) is 0.567. The molecule has 2 fully saturated rings. The van der Waals surface area contributed by atoms with E-state index in [1.807, 2.05) is 59.5 Å². The molecule has 2 heterocycles. The summed E-state index contributed by atoms with van der Waals surface area (Å²) in [4.78, 5) is 42.9. The van der Waals surface area contributed by atoms with E-state index in [2.05, 4.69) is 10.2 Å². The molecule has 2 aliphatic heterocycles. The smallest absolute Gasteiger partial charge is 0.360 e. The summed E-state index contributed by atoms with van der Waals surface area (Å²) in [7, 11) is 0. The van der Waals surface area contributed by atoms with Crippen molar-refractivity contribution in [1.82, 2.24) is 15.3 Å². The highest BCUT2D eigenvalue weighted by Crippen LogP contribution is 2.24. The molecule has 2 aromatic carbocycles. The fourth-order valence-electron chi connectivity index (χ4n) is 4.81. The Balaban J connectivity index is 1.35. The first-order chi connectivity index (χ1) is 18.7. The van der Waals surface area contributed by atoms with Crippen LogP contribution >= 0.6 is 0 Å². The summed E-state index contributed by atoms with van der Waals surface area (Å²) >= 11 is 0. The van der Waals surface area contributed by atoms with Crippen molar-refractivity contribution in [3.8, 4) is 17.2 Å². The van der Waals surface area contributed by atoms with Crippen LogP contribution < -0.4 is 5.32 Å². The number of nitriles is 1. The van der Waals surface area contributed by atoms with Gasteiger partial charge in [-0.15, -0.1) is 5.06 Å². The van der Waals surface area contributed by atoms with E-state index < -0.39 is 30.1 Å². The first-order valence-corrected chi connectivity index (χ1v) is 12.9. The van der Waals surface area contributed by atoms with E-state index in [9.17, 15) is 32.8 Å². The second-order valence-corrected chi connectivity index (χ2v) is 9.70. The van der Waals surface area contributed by atoms with Gasteiger partial charge in [0.15, 0.2) is 0 Å². The van der Waals surface area contributed by atoms with E-state index in [1.165, 1.54) is 0 Å². The highest BCUT2D eigenvalue weighted by Gasteiger charge is 2.44. The number of nitrogens with zero attached hydrogens (tertiary/aromatic N) is 3. The Morgan fingerprint density at radius 3 is 2.13 bits per heavy atom. The van der Waals surface area contributed by atoms with Gasteiger partial charge in [-0.05, 0) is 60.9 Å². The van der Waals surface area contributed by atoms with Gasteiger partial charge in [0.2, 0.25) is 5.91 Å². The molecule has 0 aliphatic carbocycles. The van der Waals surface area contributed by atoms with E-state index in [4.69, 9.17) is 0 Å². The number of carbonyl (C=O) groups excluding carboxylic acids is 3. The SMILES string of the molecule is N#C[C@H](Cc1ccc(-c2ccc(C(=O)N3CCCC3)cc2)cc1)NC(=O)[C@@H]1CCCCN1OC(=O)C(F)(F)F. The zero-order valence-corrected chi connectivity index (χ0v) is 21.2. The lowest BCUT2D eigenvalue weighted by molar-refractivity contribution is -0.248. The van der Waals surface area contributed by atoms with Crippen molar-refractivity contribution in [2.45, 2.75) is 56.8 Å². The summed E-state index contributed by atoms with van der Waals surface area (Å²) in [6.07, 6.45) is -1.68. The predicted molar refractivity (Wildman–Crippen MR) is 135 cm³/mol. The molecular formula is C28H29F3N4O4. The fraction of sp³-hybridized carbons (Fsp3) is 0.429. The van der Waals surface area contributed by atoms with Crippen molar-refractivity contribution >= 4 is 17.8 Å². The monoisotopic (exact) mass is 542 g/mol. The zero-order chi connectivity index (χ0) is 28.0. The molecule has 11 heteroatoms. The first kappa shape index (κ1) is 28.1. The van der Waals surface area contributed by atoms with Crippen molar-refractivity contribution in [2.24, 2.45) is 0 Å². The fourth-order valence-corrected chi connectivity index (χ4v) is 4.81. The number of benzene rings is 2. The minimum Gasteiger partial charge on any atom is -0.360 e. The van der Waals surface area contributed by atoms with Crippen LogP contribution in [-0.4, -0.2) is 65.6 Å². The van der Waals surface area contributed by atoms with Crippen LogP contribution in [0.15, 0.2) is 48.5 Å². The topological polar surface area (TPSA) is 103 Å².